The first-order valence-electron chi connectivity index (χ1n) is 6.38. The fraction of sp³-hybridized carbons (Fsp3) is 0.429. The summed E-state index contributed by atoms with van der Waals surface area (Å²) in [6.45, 7) is 5.04. The largest absolute Gasteiger partial charge is 0.459 e. The van der Waals surface area contributed by atoms with Crippen LogP contribution in [0.15, 0.2) is 12.1 Å². The fourth-order valence-electron chi connectivity index (χ4n) is 1.50. The van der Waals surface area contributed by atoms with Crippen LogP contribution >= 0.6 is 34.8 Å². The molecule has 2 amide bonds. The Bertz CT molecular complexity index is 562. The Morgan fingerprint density at radius 3 is 2.14 bits per heavy atom. The second kappa shape index (κ2) is 7.40. The molecule has 0 aliphatic heterocycles. The first kappa shape index (κ1) is 18.9. The first-order valence-corrected chi connectivity index (χ1v) is 7.51. The lowest BCUT2D eigenvalue weighted by Gasteiger charge is -2.23. The maximum absolute atomic E-state index is 12.1. The number of halogens is 3. The van der Waals surface area contributed by atoms with E-state index in [2.05, 4.69) is 5.32 Å². The smallest absolute Gasteiger partial charge is 0.326 e. The molecule has 0 unspecified atom stereocenters. The minimum atomic E-state index is -0.614. The molecule has 0 heterocycles. The van der Waals surface area contributed by atoms with Crippen LogP contribution in [0, 0.1) is 0 Å². The van der Waals surface area contributed by atoms with Gasteiger partial charge >= 0.3 is 12.0 Å². The number of anilines is 1. The second-order valence-corrected chi connectivity index (χ2v) is 6.87. The van der Waals surface area contributed by atoms with E-state index in [0.29, 0.717) is 5.02 Å². The Morgan fingerprint density at radius 1 is 1.18 bits per heavy atom. The fourth-order valence-corrected chi connectivity index (χ4v) is 2.41. The van der Waals surface area contributed by atoms with E-state index in [-0.39, 0.29) is 22.3 Å². The number of benzene rings is 1. The number of urea groups is 1. The number of likely N-dealkylation sites (N-methyl/N-ethyl adjacent to an activating group) is 1. The van der Waals surface area contributed by atoms with Gasteiger partial charge in [0.2, 0.25) is 0 Å². The third kappa shape index (κ3) is 5.91. The van der Waals surface area contributed by atoms with Crippen molar-refractivity contribution in [1.29, 1.82) is 0 Å². The van der Waals surface area contributed by atoms with Gasteiger partial charge in [-0.3, -0.25) is 4.79 Å². The Hall–Kier alpha value is -1.17. The lowest BCUT2D eigenvalue weighted by atomic mass is 10.2. The molecular formula is C14H17Cl3N2O3. The van der Waals surface area contributed by atoms with Crippen molar-refractivity contribution >= 4 is 52.5 Å². The van der Waals surface area contributed by atoms with Gasteiger partial charge in [0, 0.05) is 12.1 Å². The number of hydrogen-bond acceptors (Lipinski definition) is 3. The molecule has 0 bridgehead atoms. The van der Waals surface area contributed by atoms with E-state index in [9.17, 15) is 9.59 Å². The highest BCUT2D eigenvalue weighted by atomic mass is 35.5. The third-order valence-corrected chi connectivity index (χ3v) is 3.19. The molecule has 5 nitrogen and oxygen atoms in total. The summed E-state index contributed by atoms with van der Waals surface area (Å²) in [4.78, 5) is 24.9. The monoisotopic (exact) mass is 366 g/mol. The first-order chi connectivity index (χ1) is 9.99. The molecule has 8 heteroatoms. The molecule has 0 spiro atoms. The molecule has 1 aromatic rings. The highest BCUT2D eigenvalue weighted by molar-refractivity contribution is 6.42. The quantitative estimate of drug-likeness (QED) is 0.803. The lowest BCUT2D eigenvalue weighted by molar-refractivity contribution is -0.155. The van der Waals surface area contributed by atoms with Gasteiger partial charge in [-0.15, -0.1) is 0 Å². The van der Waals surface area contributed by atoms with Gasteiger partial charge in [-0.25, -0.2) is 4.79 Å². The predicted molar refractivity (Wildman–Crippen MR) is 89.0 cm³/mol. The average Bonchev–Trinajstić information content (AvgIpc) is 2.30. The van der Waals surface area contributed by atoms with E-state index < -0.39 is 17.6 Å². The van der Waals surface area contributed by atoms with Crippen LogP contribution in [0.2, 0.25) is 15.1 Å². The molecule has 0 aliphatic carbocycles. The SMILES string of the molecule is CN(CC(=O)OC(C)(C)C)C(=O)Nc1c(Cl)cc(Cl)cc1Cl. The standard InChI is InChI=1S/C14H17Cl3N2O3/c1-14(2,3)22-11(20)7-19(4)13(21)18-12-9(16)5-8(15)6-10(12)17/h5-6H,7H2,1-4H3,(H,18,21). The topological polar surface area (TPSA) is 58.6 Å². The zero-order chi connectivity index (χ0) is 17.1. The molecule has 1 N–H and O–H groups in total. The van der Waals surface area contributed by atoms with Crippen LogP contribution in [0.4, 0.5) is 10.5 Å². The average molecular weight is 368 g/mol. The van der Waals surface area contributed by atoms with E-state index in [1.807, 2.05) is 0 Å². The Labute approximate surface area is 144 Å². The molecule has 0 fully saturated rings. The zero-order valence-corrected chi connectivity index (χ0v) is 14.9. The number of amides is 2. The normalized spacial score (nSPS) is 11.0. The van der Waals surface area contributed by atoms with Gasteiger partial charge < -0.3 is 15.0 Å². The van der Waals surface area contributed by atoms with E-state index in [0.717, 1.165) is 4.90 Å². The maximum Gasteiger partial charge on any atom is 0.326 e. The van der Waals surface area contributed by atoms with Crippen LogP contribution in [0.1, 0.15) is 20.8 Å². The van der Waals surface area contributed by atoms with E-state index >= 15 is 0 Å². The Kier molecular flexibility index (Phi) is 6.35. The number of ether oxygens (including phenoxy) is 1. The van der Waals surface area contributed by atoms with Gasteiger partial charge in [0.15, 0.2) is 0 Å². The number of carbonyl (C=O) groups is 2. The van der Waals surface area contributed by atoms with Gasteiger partial charge in [-0.2, -0.15) is 0 Å². The summed E-state index contributed by atoms with van der Waals surface area (Å²) < 4.78 is 5.14. The number of hydrogen-bond donors (Lipinski definition) is 1. The maximum atomic E-state index is 12.1. The highest BCUT2D eigenvalue weighted by Crippen LogP contribution is 2.33. The molecule has 0 radical (unpaired) electrons. The predicted octanol–water partition coefficient (Wildman–Crippen LogP) is 4.45. The number of carbonyl (C=O) groups excluding carboxylic acids is 2. The molecule has 0 saturated carbocycles. The molecule has 0 atom stereocenters. The summed E-state index contributed by atoms with van der Waals surface area (Å²) in [6, 6.07) is 2.37. The van der Waals surface area contributed by atoms with Crippen LogP contribution in [0.5, 0.6) is 0 Å². The van der Waals surface area contributed by atoms with Crippen molar-refractivity contribution < 1.29 is 14.3 Å². The molecule has 22 heavy (non-hydrogen) atoms. The Morgan fingerprint density at radius 2 is 1.68 bits per heavy atom. The van der Waals surface area contributed by atoms with Gasteiger partial charge in [0.25, 0.3) is 0 Å². The van der Waals surface area contributed by atoms with Crippen LogP contribution in [0.25, 0.3) is 0 Å². The van der Waals surface area contributed by atoms with E-state index in [4.69, 9.17) is 39.5 Å². The summed E-state index contributed by atoms with van der Waals surface area (Å²) in [5.41, 5.74) is -0.384. The summed E-state index contributed by atoms with van der Waals surface area (Å²) >= 11 is 17.8. The summed E-state index contributed by atoms with van der Waals surface area (Å²) in [5, 5.41) is 3.30. The van der Waals surface area contributed by atoms with Crippen molar-refractivity contribution in [3.8, 4) is 0 Å². The number of nitrogens with zero attached hydrogens (tertiary/aromatic N) is 1. The number of nitrogens with one attached hydrogen (secondary N) is 1. The second-order valence-electron chi connectivity index (χ2n) is 5.62. The van der Waals surface area contributed by atoms with Crippen molar-refractivity contribution in [3.05, 3.63) is 27.2 Å². The van der Waals surface area contributed by atoms with Gasteiger partial charge in [-0.1, -0.05) is 34.8 Å². The van der Waals surface area contributed by atoms with Gasteiger partial charge in [0.05, 0.1) is 15.7 Å². The molecule has 1 rings (SSSR count). The summed E-state index contributed by atoms with van der Waals surface area (Å²) in [6.07, 6.45) is 0. The summed E-state index contributed by atoms with van der Waals surface area (Å²) in [7, 11) is 1.46. The van der Waals surface area contributed by atoms with Crippen molar-refractivity contribution in [2.75, 3.05) is 18.9 Å². The van der Waals surface area contributed by atoms with E-state index in [1.54, 1.807) is 20.8 Å². The molecule has 0 aromatic heterocycles. The molecule has 122 valence electrons. The lowest BCUT2D eigenvalue weighted by Crippen LogP contribution is -2.38. The number of esters is 1. The van der Waals surface area contributed by atoms with Crippen molar-refractivity contribution in [2.45, 2.75) is 26.4 Å². The van der Waals surface area contributed by atoms with Crippen molar-refractivity contribution in [3.63, 3.8) is 0 Å². The van der Waals surface area contributed by atoms with Gasteiger partial charge in [-0.05, 0) is 32.9 Å². The molecule has 0 aliphatic rings. The molecule has 0 saturated heterocycles. The minimum Gasteiger partial charge on any atom is -0.459 e. The number of rotatable bonds is 3. The highest BCUT2D eigenvalue weighted by Gasteiger charge is 2.21. The van der Waals surface area contributed by atoms with Crippen LogP contribution in [-0.2, 0) is 9.53 Å². The molecule has 1 aromatic carbocycles. The Balaban J connectivity index is 2.71. The van der Waals surface area contributed by atoms with Gasteiger partial charge in [0.1, 0.15) is 12.1 Å². The van der Waals surface area contributed by atoms with E-state index in [1.165, 1.54) is 19.2 Å². The third-order valence-electron chi connectivity index (χ3n) is 2.37. The summed E-state index contributed by atoms with van der Waals surface area (Å²) in [5.74, 6) is -0.515. The molecular weight excluding hydrogens is 351 g/mol. The van der Waals surface area contributed by atoms with Crippen molar-refractivity contribution in [1.82, 2.24) is 4.90 Å². The van der Waals surface area contributed by atoms with Crippen LogP contribution in [-0.4, -0.2) is 36.1 Å². The minimum absolute atomic E-state index is 0.202. The van der Waals surface area contributed by atoms with Crippen molar-refractivity contribution in [2.24, 2.45) is 0 Å². The van der Waals surface area contributed by atoms with Crippen LogP contribution in [0.3, 0.4) is 0 Å². The van der Waals surface area contributed by atoms with Crippen LogP contribution < -0.4 is 5.32 Å². The zero-order valence-electron chi connectivity index (χ0n) is 12.7.